The first-order valence-electron chi connectivity index (χ1n) is 5.50. The molecule has 1 atom stereocenters. The molecule has 2 aliphatic rings. The van der Waals surface area contributed by atoms with Crippen LogP contribution in [-0.2, 0) is 4.79 Å². The fraction of sp³-hybridized carbons (Fsp3) is 0.308. The monoisotopic (exact) mass is 231 g/mol. The smallest absolute Gasteiger partial charge is 0.170 e. The van der Waals surface area contributed by atoms with Gasteiger partial charge in [0.25, 0.3) is 0 Å². The van der Waals surface area contributed by atoms with Crippen LogP contribution < -0.4 is 0 Å². The number of para-hydroxylation sites is 1. The van der Waals surface area contributed by atoms with Gasteiger partial charge in [0, 0.05) is 11.3 Å². The van der Waals surface area contributed by atoms with E-state index in [4.69, 9.17) is 0 Å². The zero-order valence-electron chi connectivity index (χ0n) is 9.19. The highest BCUT2D eigenvalue weighted by molar-refractivity contribution is 8.17. The van der Waals surface area contributed by atoms with Crippen LogP contribution in [0.5, 0.6) is 0 Å². The molecule has 0 saturated heterocycles. The minimum absolute atomic E-state index is 0.0754. The number of hydrogen-bond donors (Lipinski definition) is 0. The molecule has 0 amide bonds. The first-order chi connectivity index (χ1) is 7.77. The normalized spacial score (nSPS) is 23.6. The zero-order valence-corrected chi connectivity index (χ0v) is 10.0. The topological polar surface area (TPSA) is 29.4 Å². The number of rotatable bonds is 0. The van der Waals surface area contributed by atoms with Gasteiger partial charge in [-0.1, -0.05) is 12.1 Å². The quantitative estimate of drug-likeness (QED) is 0.631. The Hall–Kier alpha value is -1.22. The number of benzene rings is 1. The second-order valence-corrected chi connectivity index (χ2v) is 6.01. The average Bonchev–Trinajstić information content (AvgIpc) is 2.29. The summed E-state index contributed by atoms with van der Waals surface area (Å²) in [5.41, 5.74) is 2.10. The summed E-state index contributed by atoms with van der Waals surface area (Å²) in [7, 11) is -0.0754. The molecular weight excluding hydrogens is 218 g/mol. The Bertz CT molecular complexity index is 543. The molecule has 1 unspecified atom stereocenters. The number of Topliss-reactive ketones (excluding diaryl/α,β-unsaturated/α-hetero) is 1. The molecule has 82 valence electrons. The van der Waals surface area contributed by atoms with Crippen molar-refractivity contribution in [1.29, 1.82) is 0 Å². The van der Waals surface area contributed by atoms with E-state index in [2.05, 4.69) is 17.3 Å². The molecule has 16 heavy (non-hydrogen) atoms. The van der Waals surface area contributed by atoms with Crippen LogP contribution in [0.1, 0.15) is 19.3 Å². The number of hydrogen-bond acceptors (Lipinski definition) is 2. The molecule has 3 rings (SSSR count). The van der Waals surface area contributed by atoms with E-state index in [0.29, 0.717) is 12.2 Å². The highest BCUT2D eigenvalue weighted by Gasteiger charge is 2.27. The number of carbonyl (C=O) groups excluding carboxylic acids is 1. The van der Waals surface area contributed by atoms with Gasteiger partial charge in [-0.15, -0.1) is 10.5 Å². The summed E-state index contributed by atoms with van der Waals surface area (Å²) in [5, 5.41) is 0. The maximum absolute atomic E-state index is 11.9. The Labute approximate surface area is 97.3 Å². The van der Waals surface area contributed by atoms with E-state index < -0.39 is 0 Å². The number of nitrogens with zero attached hydrogens (tertiary/aromatic N) is 1. The molecule has 0 spiro atoms. The van der Waals surface area contributed by atoms with Gasteiger partial charge >= 0.3 is 0 Å². The lowest BCUT2D eigenvalue weighted by Crippen LogP contribution is -2.30. The molecule has 0 bridgehead atoms. The van der Waals surface area contributed by atoms with Crippen molar-refractivity contribution in [2.75, 3.05) is 6.26 Å². The van der Waals surface area contributed by atoms with Crippen LogP contribution in [0.25, 0.3) is 0 Å². The predicted molar refractivity (Wildman–Crippen MR) is 69.2 cm³/mol. The van der Waals surface area contributed by atoms with Crippen LogP contribution in [0.4, 0.5) is 5.69 Å². The molecule has 1 aliphatic carbocycles. The van der Waals surface area contributed by atoms with Crippen LogP contribution in [-0.4, -0.2) is 22.6 Å². The highest BCUT2D eigenvalue weighted by atomic mass is 32.2. The fourth-order valence-corrected chi connectivity index (χ4v) is 4.20. The fourth-order valence-electron chi connectivity index (χ4n) is 2.32. The van der Waals surface area contributed by atoms with E-state index in [1.165, 1.54) is 4.90 Å². The van der Waals surface area contributed by atoms with Crippen LogP contribution in [0.15, 0.2) is 34.2 Å². The maximum atomic E-state index is 11.9. The molecule has 0 radical (unpaired) electrons. The molecule has 0 N–H and O–H groups in total. The summed E-state index contributed by atoms with van der Waals surface area (Å²) in [6.07, 6.45) is 4.77. The van der Waals surface area contributed by atoms with Gasteiger partial charge < -0.3 is 0 Å². The SMILES string of the molecule is CS1=C2C(=O)CCCC2=Nc2ccccc21. The Morgan fingerprint density at radius 1 is 1.25 bits per heavy atom. The summed E-state index contributed by atoms with van der Waals surface area (Å²) in [4.78, 5) is 18.8. The van der Waals surface area contributed by atoms with Crippen molar-refractivity contribution in [3.05, 3.63) is 24.3 Å². The lowest BCUT2D eigenvalue weighted by molar-refractivity contribution is -0.112. The van der Waals surface area contributed by atoms with E-state index in [1.807, 2.05) is 18.2 Å². The first kappa shape index (κ1) is 9.97. The van der Waals surface area contributed by atoms with Crippen LogP contribution in [0, 0.1) is 0 Å². The van der Waals surface area contributed by atoms with E-state index in [9.17, 15) is 4.79 Å². The largest absolute Gasteiger partial charge is 0.294 e. The van der Waals surface area contributed by atoms with Crippen molar-refractivity contribution in [3.63, 3.8) is 0 Å². The molecule has 2 nitrogen and oxygen atoms in total. The summed E-state index contributed by atoms with van der Waals surface area (Å²) < 4.78 is 0. The lowest BCUT2D eigenvalue weighted by Gasteiger charge is -2.24. The Kier molecular flexibility index (Phi) is 2.28. The van der Waals surface area contributed by atoms with Crippen molar-refractivity contribution in [1.82, 2.24) is 0 Å². The van der Waals surface area contributed by atoms with Crippen LogP contribution in [0.2, 0.25) is 0 Å². The predicted octanol–water partition coefficient (Wildman–Crippen LogP) is 2.96. The molecule has 3 heteroatoms. The van der Waals surface area contributed by atoms with E-state index in [1.54, 1.807) is 0 Å². The van der Waals surface area contributed by atoms with Gasteiger partial charge in [0.2, 0.25) is 0 Å². The second-order valence-electron chi connectivity index (χ2n) is 4.14. The van der Waals surface area contributed by atoms with Gasteiger partial charge in [-0.3, -0.25) is 9.79 Å². The van der Waals surface area contributed by atoms with Crippen LogP contribution >= 0.6 is 10.5 Å². The van der Waals surface area contributed by atoms with Gasteiger partial charge in [-0.25, -0.2) is 0 Å². The van der Waals surface area contributed by atoms with Gasteiger partial charge in [-0.05, 0) is 31.2 Å². The van der Waals surface area contributed by atoms with Gasteiger partial charge in [-0.2, -0.15) is 0 Å². The summed E-state index contributed by atoms with van der Waals surface area (Å²) in [6.45, 7) is 0. The minimum Gasteiger partial charge on any atom is -0.294 e. The van der Waals surface area contributed by atoms with E-state index in [0.717, 1.165) is 29.1 Å². The molecule has 1 aromatic rings. The lowest BCUT2D eigenvalue weighted by atomic mass is 9.97. The third-order valence-electron chi connectivity index (χ3n) is 3.09. The minimum atomic E-state index is -0.0754. The van der Waals surface area contributed by atoms with E-state index >= 15 is 0 Å². The van der Waals surface area contributed by atoms with Crippen molar-refractivity contribution < 1.29 is 4.79 Å². The van der Waals surface area contributed by atoms with Crippen molar-refractivity contribution in [2.45, 2.75) is 24.2 Å². The molecule has 1 fully saturated rings. The summed E-state index contributed by atoms with van der Waals surface area (Å²) in [6, 6.07) is 8.17. The number of fused-ring (bicyclic) bond motifs is 2. The Morgan fingerprint density at radius 2 is 2.06 bits per heavy atom. The average molecular weight is 231 g/mol. The van der Waals surface area contributed by atoms with Gasteiger partial charge in [0.1, 0.15) is 0 Å². The first-order valence-corrected chi connectivity index (χ1v) is 7.14. The third-order valence-corrected chi connectivity index (χ3v) is 5.17. The van der Waals surface area contributed by atoms with Crippen molar-refractivity contribution in [3.8, 4) is 0 Å². The standard InChI is InChI=1S/C13H13NOS/c1-16-12-8-3-2-5-9(12)14-10-6-4-7-11(15)13(10)16/h2-3,5,8H,4,6-7H2,1H3. The molecule has 1 aliphatic heterocycles. The number of ketones is 1. The van der Waals surface area contributed by atoms with E-state index in [-0.39, 0.29) is 10.5 Å². The van der Waals surface area contributed by atoms with Gasteiger partial charge in [0.05, 0.1) is 16.3 Å². The maximum Gasteiger partial charge on any atom is 0.170 e. The molecule has 1 aromatic carbocycles. The third kappa shape index (κ3) is 1.39. The molecular formula is C13H13NOS. The summed E-state index contributed by atoms with van der Waals surface area (Å²) in [5.74, 6) is 0.310. The second kappa shape index (κ2) is 3.67. The summed E-state index contributed by atoms with van der Waals surface area (Å²) >= 11 is 0. The van der Waals surface area contributed by atoms with Crippen molar-refractivity contribution >= 4 is 32.5 Å². The van der Waals surface area contributed by atoms with Gasteiger partial charge in [0.15, 0.2) is 5.78 Å². The number of aliphatic imine (C=N–C) groups is 1. The van der Waals surface area contributed by atoms with Crippen molar-refractivity contribution in [2.24, 2.45) is 4.99 Å². The number of carbonyl (C=O) groups is 1. The molecule has 1 heterocycles. The molecule has 1 saturated carbocycles. The Morgan fingerprint density at radius 3 is 2.94 bits per heavy atom. The highest BCUT2D eigenvalue weighted by Crippen LogP contribution is 2.39. The molecule has 0 aromatic heterocycles. The Balaban J connectivity index is 2.27. The van der Waals surface area contributed by atoms with Crippen LogP contribution in [0.3, 0.4) is 0 Å². The zero-order chi connectivity index (χ0) is 11.1.